The Kier molecular flexibility index (Phi) is 3.82. The van der Waals surface area contributed by atoms with E-state index < -0.39 is 0 Å². The van der Waals surface area contributed by atoms with Crippen LogP contribution in [0.25, 0.3) is 11.3 Å². The molecule has 5 rings (SSSR count). The van der Waals surface area contributed by atoms with Crippen molar-refractivity contribution in [3.05, 3.63) is 63.4 Å². The summed E-state index contributed by atoms with van der Waals surface area (Å²) in [6.45, 7) is 4.15. The van der Waals surface area contributed by atoms with Gasteiger partial charge in [-0.05, 0) is 68.0 Å². The van der Waals surface area contributed by atoms with E-state index in [9.17, 15) is 4.79 Å². The van der Waals surface area contributed by atoms with Gasteiger partial charge in [0, 0.05) is 15.4 Å². The highest BCUT2D eigenvalue weighted by atomic mass is 79.9. The van der Waals surface area contributed by atoms with Gasteiger partial charge in [0.1, 0.15) is 0 Å². The molecule has 3 aromatic rings. The number of benzene rings is 2. The molecule has 0 atom stereocenters. The Morgan fingerprint density at radius 1 is 1.15 bits per heavy atom. The highest BCUT2D eigenvalue weighted by Crippen LogP contribution is 2.76. The van der Waals surface area contributed by atoms with Gasteiger partial charge in [0.15, 0.2) is 5.13 Å². The van der Waals surface area contributed by atoms with Gasteiger partial charge < -0.3 is 0 Å². The third-order valence-electron chi connectivity index (χ3n) is 5.60. The topological polar surface area (TPSA) is 33.2 Å². The number of nitrogens with zero attached hydrogens (tertiary/aromatic N) is 2. The van der Waals surface area contributed by atoms with Crippen molar-refractivity contribution >= 4 is 44.0 Å². The number of aryl methyl sites for hydroxylation is 2. The Hall–Kier alpha value is -1.98. The SMILES string of the molecule is Cc1cc(C)cc(N(C(=O)C23CC2C3)c2nc(-c3ccc(Br)cc3)cs2)c1. The highest BCUT2D eigenvalue weighted by molar-refractivity contribution is 9.10. The number of hydrogen-bond donors (Lipinski definition) is 0. The summed E-state index contributed by atoms with van der Waals surface area (Å²) in [6.07, 6.45) is 2.08. The van der Waals surface area contributed by atoms with Crippen molar-refractivity contribution in [1.82, 2.24) is 4.98 Å². The zero-order chi connectivity index (χ0) is 18.8. The quantitative estimate of drug-likeness (QED) is 0.481. The van der Waals surface area contributed by atoms with Crippen LogP contribution in [0.3, 0.4) is 0 Å². The molecule has 136 valence electrons. The molecule has 0 aliphatic heterocycles. The van der Waals surface area contributed by atoms with E-state index in [1.165, 1.54) is 11.3 Å². The lowest BCUT2D eigenvalue weighted by Crippen LogP contribution is -2.30. The molecule has 0 unspecified atom stereocenters. The van der Waals surface area contributed by atoms with Crippen molar-refractivity contribution in [3.8, 4) is 11.3 Å². The lowest BCUT2D eigenvalue weighted by molar-refractivity contribution is -0.120. The molecular formula is C22H19BrN2OS. The number of thiazole rings is 1. The van der Waals surface area contributed by atoms with E-state index in [-0.39, 0.29) is 11.3 Å². The summed E-state index contributed by atoms with van der Waals surface area (Å²) in [6, 6.07) is 14.4. The molecule has 27 heavy (non-hydrogen) atoms. The molecule has 2 saturated carbocycles. The predicted octanol–water partition coefficient (Wildman–Crippen LogP) is 6.26. The van der Waals surface area contributed by atoms with Crippen molar-refractivity contribution < 1.29 is 4.79 Å². The van der Waals surface area contributed by atoms with Crippen LogP contribution < -0.4 is 4.90 Å². The third-order valence-corrected chi connectivity index (χ3v) is 6.95. The van der Waals surface area contributed by atoms with Gasteiger partial charge in [-0.1, -0.05) is 34.1 Å². The van der Waals surface area contributed by atoms with E-state index in [4.69, 9.17) is 4.98 Å². The molecule has 0 spiro atoms. The van der Waals surface area contributed by atoms with Gasteiger partial charge in [0.25, 0.3) is 0 Å². The van der Waals surface area contributed by atoms with Crippen LogP contribution in [0.5, 0.6) is 0 Å². The van der Waals surface area contributed by atoms with Crippen LogP contribution in [0.1, 0.15) is 24.0 Å². The van der Waals surface area contributed by atoms with E-state index in [0.717, 1.165) is 50.5 Å². The fourth-order valence-electron chi connectivity index (χ4n) is 3.79. The number of aromatic nitrogens is 1. The first-order valence-electron chi connectivity index (χ1n) is 9.11. The molecule has 2 aliphatic carbocycles. The minimum absolute atomic E-state index is 0.0961. The van der Waals surface area contributed by atoms with Gasteiger partial charge in [-0.2, -0.15) is 0 Å². The van der Waals surface area contributed by atoms with Crippen LogP contribution in [0.4, 0.5) is 10.8 Å². The average Bonchev–Trinajstić information content (AvgIpc) is 3.43. The van der Waals surface area contributed by atoms with Crippen molar-refractivity contribution in [2.24, 2.45) is 11.3 Å². The molecule has 3 nitrogen and oxygen atoms in total. The Labute approximate surface area is 171 Å². The number of fused-ring (bicyclic) bond motifs is 1. The van der Waals surface area contributed by atoms with Crippen LogP contribution >= 0.6 is 27.3 Å². The molecule has 1 amide bonds. The van der Waals surface area contributed by atoms with Crippen molar-refractivity contribution in [3.63, 3.8) is 0 Å². The van der Waals surface area contributed by atoms with Gasteiger partial charge >= 0.3 is 0 Å². The van der Waals surface area contributed by atoms with Gasteiger partial charge in [0.05, 0.1) is 16.8 Å². The maximum atomic E-state index is 13.4. The lowest BCUT2D eigenvalue weighted by Gasteiger charge is -2.22. The summed E-state index contributed by atoms with van der Waals surface area (Å²) in [7, 11) is 0. The predicted molar refractivity (Wildman–Crippen MR) is 113 cm³/mol. The first-order chi connectivity index (χ1) is 13.0. The van der Waals surface area contributed by atoms with Crippen LogP contribution in [-0.2, 0) is 4.79 Å². The second-order valence-electron chi connectivity index (χ2n) is 7.77. The van der Waals surface area contributed by atoms with Crippen LogP contribution in [0.2, 0.25) is 0 Å². The second kappa shape index (κ2) is 6.01. The number of rotatable bonds is 4. The molecule has 0 N–H and O–H groups in total. The minimum atomic E-state index is -0.0961. The Bertz CT molecular complexity index is 1030. The fourth-order valence-corrected chi connectivity index (χ4v) is 4.90. The first kappa shape index (κ1) is 17.1. The van der Waals surface area contributed by atoms with E-state index in [1.54, 1.807) is 0 Å². The molecule has 2 aromatic carbocycles. The summed E-state index contributed by atoms with van der Waals surface area (Å²) in [5.41, 5.74) is 5.12. The Balaban J connectivity index is 1.56. The summed E-state index contributed by atoms with van der Waals surface area (Å²) >= 11 is 5.01. The molecular weight excluding hydrogens is 420 g/mol. The number of carbonyl (C=O) groups is 1. The van der Waals surface area contributed by atoms with E-state index in [2.05, 4.69) is 48.0 Å². The zero-order valence-electron chi connectivity index (χ0n) is 15.2. The van der Waals surface area contributed by atoms with Crippen molar-refractivity contribution in [2.75, 3.05) is 4.90 Å². The number of halogens is 1. The van der Waals surface area contributed by atoms with Gasteiger partial charge in [-0.25, -0.2) is 4.98 Å². The Morgan fingerprint density at radius 3 is 2.37 bits per heavy atom. The molecule has 0 saturated heterocycles. The normalized spacial score (nSPS) is 22.3. The van der Waals surface area contributed by atoms with E-state index >= 15 is 0 Å². The molecule has 0 radical (unpaired) electrons. The number of amides is 1. The highest BCUT2D eigenvalue weighted by Gasteiger charge is 2.75. The van der Waals surface area contributed by atoms with Gasteiger partial charge in [-0.15, -0.1) is 11.3 Å². The largest absolute Gasteiger partial charge is 0.273 e. The van der Waals surface area contributed by atoms with Crippen LogP contribution in [0, 0.1) is 25.2 Å². The summed E-state index contributed by atoms with van der Waals surface area (Å²) < 4.78 is 1.04. The average molecular weight is 439 g/mol. The van der Waals surface area contributed by atoms with E-state index in [1.807, 2.05) is 34.5 Å². The molecule has 2 fully saturated rings. The van der Waals surface area contributed by atoms with Gasteiger partial charge in [0.2, 0.25) is 5.91 Å². The number of hydrogen-bond acceptors (Lipinski definition) is 3. The van der Waals surface area contributed by atoms with Crippen molar-refractivity contribution in [2.45, 2.75) is 26.7 Å². The second-order valence-corrected chi connectivity index (χ2v) is 9.52. The summed E-state index contributed by atoms with van der Waals surface area (Å²) in [5.74, 6) is 0.818. The van der Waals surface area contributed by atoms with E-state index in [0.29, 0.717) is 5.92 Å². The monoisotopic (exact) mass is 438 g/mol. The standard InChI is InChI=1S/C22H19BrN2OS/c1-13-7-14(2)9-18(8-13)25(20(26)22-10-16(22)11-22)21-24-19(12-27-21)15-3-5-17(23)6-4-15/h3-9,12,16H,10-11H2,1-2H3. The fraction of sp³-hybridized carbons (Fsp3) is 0.273. The number of anilines is 2. The van der Waals surface area contributed by atoms with Crippen LogP contribution in [-0.4, -0.2) is 10.9 Å². The maximum Gasteiger partial charge on any atom is 0.239 e. The third kappa shape index (κ3) is 2.93. The molecule has 1 aromatic heterocycles. The zero-order valence-corrected chi connectivity index (χ0v) is 17.6. The first-order valence-corrected chi connectivity index (χ1v) is 10.8. The summed E-state index contributed by atoms with van der Waals surface area (Å²) in [4.78, 5) is 20.1. The minimum Gasteiger partial charge on any atom is -0.273 e. The Morgan fingerprint density at radius 2 is 1.78 bits per heavy atom. The number of carbonyl (C=O) groups excluding carboxylic acids is 1. The molecule has 5 heteroatoms. The smallest absolute Gasteiger partial charge is 0.239 e. The molecule has 0 bridgehead atoms. The maximum absolute atomic E-state index is 13.4. The van der Waals surface area contributed by atoms with Crippen molar-refractivity contribution in [1.29, 1.82) is 0 Å². The molecule has 2 aliphatic rings. The molecule has 1 heterocycles. The summed E-state index contributed by atoms with van der Waals surface area (Å²) in [5, 5.41) is 2.80. The van der Waals surface area contributed by atoms with Crippen LogP contribution in [0.15, 0.2) is 52.3 Å². The lowest BCUT2D eigenvalue weighted by atomic mass is 10.1. The van der Waals surface area contributed by atoms with Gasteiger partial charge in [-0.3, -0.25) is 9.69 Å².